The summed E-state index contributed by atoms with van der Waals surface area (Å²) in [5.41, 5.74) is 0.0168. The highest BCUT2D eigenvalue weighted by atomic mass is 16.6. The van der Waals surface area contributed by atoms with Gasteiger partial charge in [0, 0.05) is 24.9 Å². The lowest BCUT2D eigenvalue weighted by atomic mass is 10.1. The van der Waals surface area contributed by atoms with Crippen LogP contribution >= 0.6 is 0 Å². The molecule has 2 rings (SSSR count). The van der Waals surface area contributed by atoms with Crippen LogP contribution in [0.5, 0.6) is 5.75 Å². The van der Waals surface area contributed by atoms with Crippen molar-refractivity contribution in [3.8, 4) is 18.1 Å². The minimum Gasteiger partial charge on any atom is -0.494 e. The summed E-state index contributed by atoms with van der Waals surface area (Å²) >= 11 is 0. The number of para-hydroxylation sites is 1. The molecule has 0 aromatic heterocycles. The van der Waals surface area contributed by atoms with Crippen LogP contribution in [0.1, 0.15) is 6.42 Å². The molecule has 19 heavy (non-hydrogen) atoms. The van der Waals surface area contributed by atoms with Crippen molar-refractivity contribution in [2.75, 3.05) is 18.6 Å². The standard InChI is InChI=1S/C13H12N2O4/c1-3-9-7-12(16)14(8-9)13-10(15(17)18)5-4-6-11(13)19-2/h1,4-6,9H,7-8H2,2H3. The summed E-state index contributed by atoms with van der Waals surface area (Å²) in [5.74, 6) is 2.35. The van der Waals surface area contributed by atoms with Gasteiger partial charge >= 0.3 is 0 Å². The molecule has 0 N–H and O–H groups in total. The van der Waals surface area contributed by atoms with Gasteiger partial charge in [-0.2, -0.15) is 0 Å². The van der Waals surface area contributed by atoms with Gasteiger partial charge in [0.15, 0.2) is 5.69 Å². The van der Waals surface area contributed by atoms with Gasteiger partial charge in [-0.1, -0.05) is 6.07 Å². The van der Waals surface area contributed by atoms with Crippen LogP contribution in [-0.2, 0) is 4.79 Å². The highest BCUT2D eigenvalue weighted by Gasteiger charge is 2.35. The molecule has 0 aliphatic carbocycles. The van der Waals surface area contributed by atoms with Crippen molar-refractivity contribution in [3.63, 3.8) is 0 Å². The Kier molecular flexibility index (Phi) is 3.38. The van der Waals surface area contributed by atoms with Gasteiger partial charge in [0.25, 0.3) is 5.69 Å². The molecular weight excluding hydrogens is 248 g/mol. The van der Waals surface area contributed by atoms with E-state index in [9.17, 15) is 14.9 Å². The zero-order valence-electron chi connectivity index (χ0n) is 10.3. The first-order valence-corrected chi connectivity index (χ1v) is 5.66. The Morgan fingerprint density at radius 2 is 2.32 bits per heavy atom. The average molecular weight is 260 g/mol. The van der Waals surface area contributed by atoms with Crippen LogP contribution in [0.25, 0.3) is 0 Å². The Balaban J connectivity index is 2.52. The van der Waals surface area contributed by atoms with Crippen molar-refractivity contribution in [2.45, 2.75) is 6.42 Å². The van der Waals surface area contributed by atoms with E-state index in [2.05, 4.69) is 5.92 Å². The van der Waals surface area contributed by atoms with Crippen molar-refractivity contribution >= 4 is 17.3 Å². The number of anilines is 1. The number of ether oxygens (including phenoxy) is 1. The molecule has 1 saturated heterocycles. The lowest BCUT2D eigenvalue weighted by molar-refractivity contribution is -0.384. The first-order valence-electron chi connectivity index (χ1n) is 5.66. The van der Waals surface area contributed by atoms with Crippen LogP contribution in [-0.4, -0.2) is 24.5 Å². The fourth-order valence-electron chi connectivity index (χ4n) is 2.13. The predicted molar refractivity (Wildman–Crippen MR) is 68.9 cm³/mol. The molecule has 6 heteroatoms. The van der Waals surface area contributed by atoms with Crippen molar-refractivity contribution < 1.29 is 14.5 Å². The van der Waals surface area contributed by atoms with E-state index in [1.807, 2.05) is 0 Å². The normalized spacial score (nSPS) is 18.2. The summed E-state index contributed by atoms with van der Waals surface area (Å²) in [5, 5.41) is 11.1. The SMILES string of the molecule is C#CC1CC(=O)N(c2c(OC)cccc2[N+](=O)[O-])C1. The average Bonchev–Trinajstić information content (AvgIpc) is 2.78. The third-order valence-corrected chi connectivity index (χ3v) is 3.02. The summed E-state index contributed by atoms with van der Waals surface area (Å²) in [4.78, 5) is 23.8. The molecular formula is C13H12N2O4. The summed E-state index contributed by atoms with van der Waals surface area (Å²) in [7, 11) is 1.40. The van der Waals surface area contributed by atoms with Gasteiger partial charge in [-0.3, -0.25) is 14.9 Å². The number of benzene rings is 1. The smallest absolute Gasteiger partial charge is 0.296 e. The highest BCUT2D eigenvalue weighted by molar-refractivity contribution is 5.99. The summed E-state index contributed by atoms with van der Waals surface area (Å²) < 4.78 is 5.12. The molecule has 1 heterocycles. The van der Waals surface area contributed by atoms with Gasteiger partial charge in [-0.05, 0) is 6.07 Å². The van der Waals surface area contributed by atoms with Gasteiger partial charge in [0.2, 0.25) is 5.91 Å². The van der Waals surface area contributed by atoms with Gasteiger partial charge < -0.3 is 9.64 Å². The second-order valence-corrected chi connectivity index (χ2v) is 4.16. The number of methoxy groups -OCH3 is 1. The van der Waals surface area contributed by atoms with Crippen LogP contribution in [0.4, 0.5) is 11.4 Å². The number of nitro benzene ring substituents is 1. The van der Waals surface area contributed by atoms with Crippen LogP contribution in [0, 0.1) is 28.4 Å². The lowest BCUT2D eigenvalue weighted by Gasteiger charge is -2.18. The van der Waals surface area contributed by atoms with Crippen molar-refractivity contribution in [1.82, 2.24) is 0 Å². The lowest BCUT2D eigenvalue weighted by Crippen LogP contribution is -2.25. The number of carbonyl (C=O) groups is 1. The molecule has 1 aromatic rings. The molecule has 1 aromatic carbocycles. The van der Waals surface area contributed by atoms with Crippen molar-refractivity contribution in [2.24, 2.45) is 5.92 Å². The molecule has 6 nitrogen and oxygen atoms in total. The number of rotatable bonds is 3. The number of carbonyl (C=O) groups excluding carboxylic acids is 1. The zero-order valence-corrected chi connectivity index (χ0v) is 10.3. The second-order valence-electron chi connectivity index (χ2n) is 4.16. The minimum absolute atomic E-state index is 0.162. The van der Waals surface area contributed by atoms with Gasteiger partial charge in [-0.15, -0.1) is 12.3 Å². The van der Waals surface area contributed by atoms with E-state index in [1.54, 1.807) is 6.07 Å². The molecule has 1 amide bonds. The Bertz CT molecular complexity index is 576. The number of hydrogen-bond acceptors (Lipinski definition) is 4. The minimum atomic E-state index is -0.533. The van der Waals surface area contributed by atoms with Crippen molar-refractivity contribution in [1.29, 1.82) is 0 Å². The van der Waals surface area contributed by atoms with E-state index in [0.29, 0.717) is 5.75 Å². The van der Waals surface area contributed by atoms with Gasteiger partial charge in [0.05, 0.1) is 12.0 Å². The summed E-state index contributed by atoms with van der Waals surface area (Å²) in [6.45, 7) is 0.274. The van der Waals surface area contributed by atoms with E-state index in [1.165, 1.54) is 24.1 Å². The van der Waals surface area contributed by atoms with Crippen LogP contribution < -0.4 is 9.64 Å². The first kappa shape index (κ1) is 12.9. The molecule has 0 saturated carbocycles. The van der Waals surface area contributed by atoms with E-state index < -0.39 is 4.92 Å². The van der Waals surface area contributed by atoms with Gasteiger partial charge in [-0.25, -0.2) is 0 Å². The van der Waals surface area contributed by atoms with Crippen LogP contribution in [0.3, 0.4) is 0 Å². The Morgan fingerprint density at radius 1 is 1.58 bits per heavy atom. The maximum absolute atomic E-state index is 11.9. The van der Waals surface area contributed by atoms with Crippen LogP contribution in [0.2, 0.25) is 0 Å². The van der Waals surface area contributed by atoms with E-state index in [-0.39, 0.29) is 36.2 Å². The molecule has 98 valence electrons. The molecule has 1 aliphatic heterocycles. The van der Waals surface area contributed by atoms with E-state index in [0.717, 1.165) is 0 Å². The number of amides is 1. The molecule has 1 fully saturated rings. The van der Waals surface area contributed by atoms with Crippen molar-refractivity contribution in [3.05, 3.63) is 28.3 Å². The number of hydrogen-bond donors (Lipinski definition) is 0. The largest absolute Gasteiger partial charge is 0.494 e. The quantitative estimate of drug-likeness (QED) is 0.470. The highest BCUT2D eigenvalue weighted by Crippen LogP contribution is 2.40. The maximum Gasteiger partial charge on any atom is 0.296 e. The summed E-state index contributed by atoms with van der Waals surface area (Å²) in [6, 6.07) is 4.44. The second kappa shape index (κ2) is 4.98. The molecule has 1 unspecified atom stereocenters. The fraction of sp³-hybridized carbons (Fsp3) is 0.308. The zero-order chi connectivity index (χ0) is 14.0. The number of nitrogens with zero attached hydrogens (tertiary/aromatic N) is 2. The first-order chi connectivity index (χ1) is 9.08. The number of nitro groups is 1. The Hall–Kier alpha value is -2.55. The molecule has 1 aliphatic rings. The molecule has 0 radical (unpaired) electrons. The number of terminal acetylenes is 1. The maximum atomic E-state index is 11.9. The monoisotopic (exact) mass is 260 g/mol. The predicted octanol–water partition coefficient (Wildman–Crippen LogP) is 1.59. The third kappa shape index (κ3) is 2.22. The molecule has 0 bridgehead atoms. The van der Waals surface area contributed by atoms with Gasteiger partial charge in [0.1, 0.15) is 5.75 Å². The summed E-state index contributed by atoms with van der Waals surface area (Å²) in [6.07, 6.45) is 5.51. The Labute approximate surface area is 110 Å². The molecule has 1 atom stereocenters. The molecule has 0 spiro atoms. The van der Waals surface area contributed by atoms with E-state index >= 15 is 0 Å². The Morgan fingerprint density at radius 3 is 2.84 bits per heavy atom. The third-order valence-electron chi connectivity index (χ3n) is 3.02. The van der Waals surface area contributed by atoms with Crippen LogP contribution in [0.15, 0.2) is 18.2 Å². The van der Waals surface area contributed by atoms with E-state index in [4.69, 9.17) is 11.2 Å². The fourth-order valence-corrected chi connectivity index (χ4v) is 2.13. The topological polar surface area (TPSA) is 72.7 Å².